The summed E-state index contributed by atoms with van der Waals surface area (Å²) in [6.07, 6.45) is 0. The first-order valence-electron chi connectivity index (χ1n) is 15.0. The second-order valence-electron chi connectivity index (χ2n) is 12.2. The Bertz CT molecular complexity index is 1770. The van der Waals surface area contributed by atoms with Gasteiger partial charge in [0.2, 0.25) is 0 Å². The molecule has 42 heavy (non-hydrogen) atoms. The van der Waals surface area contributed by atoms with Crippen LogP contribution >= 0.6 is 0 Å². The van der Waals surface area contributed by atoms with Crippen molar-refractivity contribution in [3.8, 4) is 44.5 Å². The molecule has 0 saturated heterocycles. The molecule has 6 rings (SSSR count). The molecule has 0 radical (unpaired) electrons. The lowest BCUT2D eigenvalue weighted by atomic mass is 9.82. The molecule has 6 aromatic carbocycles. The predicted molar refractivity (Wildman–Crippen MR) is 184 cm³/mol. The van der Waals surface area contributed by atoms with E-state index in [1.165, 1.54) is 99.8 Å². The molecule has 6 aromatic rings. The van der Waals surface area contributed by atoms with Gasteiger partial charge in [-0.15, -0.1) is 0 Å². The van der Waals surface area contributed by atoms with Crippen LogP contribution < -0.4 is 0 Å². The molecule has 0 saturated carbocycles. The molecule has 0 amide bonds. The third-order valence-electron chi connectivity index (χ3n) is 9.11. The molecular formula is C42H40. The maximum atomic E-state index is 2.46. The third-order valence-corrected chi connectivity index (χ3v) is 9.11. The summed E-state index contributed by atoms with van der Waals surface area (Å²) in [4.78, 5) is 0. The van der Waals surface area contributed by atoms with E-state index in [-0.39, 0.29) is 0 Å². The Balaban J connectivity index is 1.86. The van der Waals surface area contributed by atoms with Gasteiger partial charge < -0.3 is 0 Å². The van der Waals surface area contributed by atoms with Crippen LogP contribution in [0.2, 0.25) is 0 Å². The van der Waals surface area contributed by atoms with Crippen molar-refractivity contribution in [3.05, 3.63) is 142 Å². The van der Waals surface area contributed by atoms with E-state index >= 15 is 0 Å². The highest BCUT2D eigenvalue weighted by Crippen LogP contribution is 2.45. The molecule has 0 aliphatic heterocycles. The summed E-state index contributed by atoms with van der Waals surface area (Å²) < 4.78 is 0. The van der Waals surface area contributed by atoms with Gasteiger partial charge >= 0.3 is 0 Å². The molecule has 208 valence electrons. The second kappa shape index (κ2) is 10.8. The minimum absolute atomic E-state index is 1.28. The Morgan fingerprint density at radius 2 is 0.524 bits per heavy atom. The average molecular weight is 545 g/mol. The van der Waals surface area contributed by atoms with Crippen LogP contribution in [0.4, 0.5) is 0 Å². The Morgan fingerprint density at radius 1 is 0.286 bits per heavy atom. The smallest absolute Gasteiger partial charge is 0.00924 e. The molecule has 0 aliphatic rings. The molecule has 0 heteroatoms. The van der Waals surface area contributed by atoms with E-state index in [2.05, 4.69) is 152 Å². The van der Waals surface area contributed by atoms with E-state index in [0.717, 1.165) is 0 Å². The van der Waals surface area contributed by atoms with Crippen LogP contribution in [0.1, 0.15) is 44.5 Å². The number of rotatable bonds is 4. The third kappa shape index (κ3) is 4.66. The van der Waals surface area contributed by atoms with Crippen molar-refractivity contribution in [1.29, 1.82) is 0 Å². The van der Waals surface area contributed by atoms with Gasteiger partial charge in [-0.25, -0.2) is 0 Å². The molecule has 0 spiro atoms. The van der Waals surface area contributed by atoms with E-state index in [1.807, 2.05) is 0 Å². The van der Waals surface area contributed by atoms with Gasteiger partial charge in [-0.1, -0.05) is 72.8 Å². The maximum absolute atomic E-state index is 2.46. The number of fused-ring (bicyclic) bond motifs is 1. The van der Waals surface area contributed by atoms with Gasteiger partial charge in [-0.3, -0.25) is 0 Å². The molecule has 0 nitrogen and oxygen atoms in total. The summed E-state index contributed by atoms with van der Waals surface area (Å²) in [6.45, 7) is 18.0. The van der Waals surface area contributed by atoms with Gasteiger partial charge in [-0.05, 0) is 179 Å². The average Bonchev–Trinajstić information content (AvgIpc) is 2.93. The van der Waals surface area contributed by atoms with Crippen LogP contribution in [0.3, 0.4) is 0 Å². The molecule has 0 aromatic heterocycles. The van der Waals surface area contributed by atoms with Gasteiger partial charge in [-0.2, -0.15) is 0 Å². The normalized spacial score (nSPS) is 11.3. The molecule has 0 heterocycles. The highest BCUT2D eigenvalue weighted by molar-refractivity contribution is 6.10. The van der Waals surface area contributed by atoms with Crippen LogP contribution in [0.15, 0.2) is 97.1 Å². The number of hydrogen-bond acceptors (Lipinski definition) is 0. The van der Waals surface area contributed by atoms with E-state index in [9.17, 15) is 0 Å². The zero-order valence-electron chi connectivity index (χ0n) is 26.2. The fourth-order valence-corrected chi connectivity index (χ4v) is 7.18. The number of aryl methyl sites for hydroxylation is 8. The summed E-state index contributed by atoms with van der Waals surface area (Å²) in [7, 11) is 0. The molecule has 0 bridgehead atoms. The molecule has 0 atom stereocenters. The van der Waals surface area contributed by atoms with Gasteiger partial charge in [0.25, 0.3) is 0 Å². The van der Waals surface area contributed by atoms with Gasteiger partial charge in [0.15, 0.2) is 0 Å². The van der Waals surface area contributed by atoms with Crippen molar-refractivity contribution in [2.45, 2.75) is 55.4 Å². The quantitative estimate of drug-likeness (QED) is 0.207. The van der Waals surface area contributed by atoms with Crippen LogP contribution in [-0.2, 0) is 0 Å². The molecule has 0 unspecified atom stereocenters. The number of hydrogen-bond donors (Lipinski definition) is 0. The monoisotopic (exact) mass is 544 g/mol. The Hall–Kier alpha value is -4.42. The number of benzene rings is 6. The van der Waals surface area contributed by atoms with Crippen molar-refractivity contribution in [3.63, 3.8) is 0 Å². The first-order chi connectivity index (χ1) is 20.2. The Labute approximate surface area is 251 Å². The highest BCUT2D eigenvalue weighted by Gasteiger charge is 2.20. The Kier molecular flexibility index (Phi) is 7.11. The van der Waals surface area contributed by atoms with Gasteiger partial charge in [0.1, 0.15) is 0 Å². The standard InChI is InChI=1S/C42H40/c1-25-13-9-14-26(2)39(25)33-21-35-36(37(23-33)41-29(5)17-11-18-30(41)6)22-34(40-27(3)15-10-16-28(40)4)24-38(35)42-31(7)19-12-20-32(42)8/h9-24H,1-8H3. The van der Waals surface area contributed by atoms with E-state index in [1.54, 1.807) is 0 Å². The fraction of sp³-hybridized carbons (Fsp3) is 0.190. The lowest BCUT2D eigenvalue weighted by Crippen LogP contribution is -1.97. The highest BCUT2D eigenvalue weighted by atomic mass is 14.2. The maximum Gasteiger partial charge on any atom is -0.00924 e. The first-order valence-corrected chi connectivity index (χ1v) is 15.0. The minimum atomic E-state index is 1.28. The fourth-order valence-electron chi connectivity index (χ4n) is 7.18. The first kappa shape index (κ1) is 27.7. The minimum Gasteiger partial charge on any atom is -0.0617 e. The predicted octanol–water partition coefficient (Wildman–Crippen LogP) is 12.0. The Morgan fingerprint density at radius 3 is 0.786 bits per heavy atom. The van der Waals surface area contributed by atoms with E-state index < -0.39 is 0 Å². The SMILES string of the molecule is Cc1cccc(C)c1-c1cc(-c2c(C)cccc2C)c2cc(-c3c(C)cccc3C)cc(-c3c(C)cccc3C)c2c1. The lowest BCUT2D eigenvalue weighted by Gasteiger charge is -2.22. The van der Waals surface area contributed by atoms with Crippen LogP contribution in [0.5, 0.6) is 0 Å². The lowest BCUT2D eigenvalue weighted by molar-refractivity contribution is 1.36. The van der Waals surface area contributed by atoms with Crippen LogP contribution in [0.25, 0.3) is 55.3 Å². The second-order valence-corrected chi connectivity index (χ2v) is 12.2. The van der Waals surface area contributed by atoms with E-state index in [0.29, 0.717) is 0 Å². The molecule has 0 N–H and O–H groups in total. The van der Waals surface area contributed by atoms with Gasteiger partial charge in [0, 0.05) is 0 Å². The van der Waals surface area contributed by atoms with Crippen molar-refractivity contribution in [2.75, 3.05) is 0 Å². The van der Waals surface area contributed by atoms with Crippen LogP contribution in [0, 0.1) is 55.4 Å². The van der Waals surface area contributed by atoms with Crippen molar-refractivity contribution in [2.24, 2.45) is 0 Å². The van der Waals surface area contributed by atoms with Crippen molar-refractivity contribution < 1.29 is 0 Å². The zero-order chi connectivity index (χ0) is 29.7. The van der Waals surface area contributed by atoms with Crippen LogP contribution in [-0.4, -0.2) is 0 Å². The van der Waals surface area contributed by atoms with Crippen molar-refractivity contribution >= 4 is 10.8 Å². The summed E-state index contributed by atoms with van der Waals surface area (Å²) in [6, 6.07) is 36.5. The molecule has 0 aliphatic carbocycles. The summed E-state index contributed by atoms with van der Waals surface area (Å²) in [5.74, 6) is 0. The van der Waals surface area contributed by atoms with Gasteiger partial charge in [0.05, 0.1) is 0 Å². The van der Waals surface area contributed by atoms with E-state index in [4.69, 9.17) is 0 Å². The molecular weight excluding hydrogens is 504 g/mol. The summed E-state index contributed by atoms with van der Waals surface area (Å²) in [5.41, 5.74) is 21.0. The zero-order valence-corrected chi connectivity index (χ0v) is 26.2. The largest absolute Gasteiger partial charge is 0.0617 e. The summed E-state index contributed by atoms with van der Waals surface area (Å²) in [5, 5.41) is 2.61. The summed E-state index contributed by atoms with van der Waals surface area (Å²) >= 11 is 0. The topological polar surface area (TPSA) is 0 Å². The molecule has 0 fully saturated rings. The van der Waals surface area contributed by atoms with Crippen molar-refractivity contribution in [1.82, 2.24) is 0 Å².